The lowest BCUT2D eigenvalue weighted by atomic mass is 10.2. The molecule has 1 heterocycles. The largest absolute Gasteiger partial charge is 0.496 e. The summed E-state index contributed by atoms with van der Waals surface area (Å²) in [6, 6.07) is 5.36. The maximum Gasteiger partial charge on any atom is 0.244 e. The number of halogens is 1. The molecule has 1 unspecified atom stereocenters. The molecule has 0 aliphatic heterocycles. The zero-order chi connectivity index (χ0) is 13.8. The second kappa shape index (κ2) is 6.04. The van der Waals surface area contributed by atoms with Gasteiger partial charge in [-0.1, -0.05) is 23.7 Å². The summed E-state index contributed by atoms with van der Waals surface area (Å²) in [6.45, 7) is 2.05. The summed E-state index contributed by atoms with van der Waals surface area (Å²) in [7, 11) is 3.44. The summed E-state index contributed by atoms with van der Waals surface area (Å²) in [5, 5.41) is 7.72. The van der Waals surface area contributed by atoms with E-state index < -0.39 is 0 Å². The van der Waals surface area contributed by atoms with Crippen LogP contribution in [0.2, 0.25) is 5.02 Å². The molecule has 6 heteroatoms. The van der Waals surface area contributed by atoms with Gasteiger partial charge in [-0.05, 0) is 31.7 Å². The van der Waals surface area contributed by atoms with Crippen molar-refractivity contribution in [1.82, 2.24) is 15.5 Å². The number of benzene rings is 1. The monoisotopic (exact) mass is 281 g/mol. The van der Waals surface area contributed by atoms with E-state index in [0.717, 1.165) is 12.0 Å². The molecule has 0 radical (unpaired) electrons. The highest BCUT2D eigenvalue weighted by molar-refractivity contribution is 6.30. The van der Waals surface area contributed by atoms with Gasteiger partial charge in [-0.25, -0.2) is 0 Å². The van der Waals surface area contributed by atoms with Gasteiger partial charge in [-0.15, -0.1) is 0 Å². The van der Waals surface area contributed by atoms with Gasteiger partial charge < -0.3 is 14.6 Å². The van der Waals surface area contributed by atoms with Crippen LogP contribution in [0.4, 0.5) is 0 Å². The smallest absolute Gasteiger partial charge is 0.244 e. The molecule has 0 saturated carbocycles. The Hall–Kier alpha value is -1.59. The molecule has 0 aliphatic rings. The van der Waals surface area contributed by atoms with Crippen molar-refractivity contribution in [3.63, 3.8) is 0 Å². The second-order valence-corrected chi connectivity index (χ2v) is 4.49. The number of methoxy groups -OCH3 is 1. The first kappa shape index (κ1) is 13.8. The van der Waals surface area contributed by atoms with Gasteiger partial charge in [0.2, 0.25) is 11.7 Å². The molecule has 0 bridgehead atoms. The summed E-state index contributed by atoms with van der Waals surface area (Å²) >= 11 is 5.93. The van der Waals surface area contributed by atoms with Gasteiger partial charge in [-0.3, -0.25) is 0 Å². The van der Waals surface area contributed by atoms with Crippen molar-refractivity contribution in [3.05, 3.63) is 29.1 Å². The Morgan fingerprint density at radius 3 is 2.89 bits per heavy atom. The van der Waals surface area contributed by atoms with Gasteiger partial charge in [0, 0.05) is 5.02 Å². The SMILES string of the molecule is CCC(NC)c1nc(-c2ccc(Cl)cc2OC)no1. The number of rotatable bonds is 5. The minimum absolute atomic E-state index is 0.0551. The maximum absolute atomic E-state index is 5.93. The normalized spacial score (nSPS) is 12.4. The van der Waals surface area contributed by atoms with E-state index in [9.17, 15) is 0 Å². The van der Waals surface area contributed by atoms with E-state index in [1.807, 2.05) is 20.0 Å². The van der Waals surface area contributed by atoms with Crippen molar-refractivity contribution in [1.29, 1.82) is 0 Å². The molecule has 0 spiro atoms. The second-order valence-electron chi connectivity index (χ2n) is 4.05. The third-order valence-corrected chi connectivity index (χ3v) is 3.14. The maximum atomic E-state index is 5.93. The number of aromatic nitrogens is 2. The first-order valence-electron chi connectivity index (χ1n) is 6.04. The van der Waals surface area contributed by atoms with Gasteiger partial charge in [0.15, 0.2) is 0 Å². The lowest BCUT2D eigenvalue weighted by Gasteiger charge is -2.07. The van der Waals surface area contributed by atoms with Crippen LogP contribution in [0.5, 0.6) is 5.75 Å². The van der Waals surface area contributed by atoms with E-state index in [2.05, 4.69) is 15.5 Å². The molecule has 102 valence electrons. The van der Waals surface area contributed by atoms with Crippen LogP contribution in [0.25, 0.3) is 11.4 Å². The molecule has 1 aromatic carbocycles. The highest BCUT2D eigenvalue weighted by Gasteiger charge is 2.18. The number of ether oxygens (including phenoxy) is 1. The molecule has 2 rings (SSSR count). The third-order valence-electron chi connectivity index (χ3n) is 2.90. The van der Waals surface area contributed by atoms with E-state index in [0.29, 0.717) is 22.5 Å². The molecule has 0 saturated heterocycles. The van der Waals surface area contributed by atoms with Crippen molar-refractivity contribution >= 4 is 11.6 Å². The quantitative estimate of drug-likeness (QED) is 0.913. The summed E-state index contributed by atoms with van der Waals surface area (Å²) in [4.78, 5) is 4.40. The zero-order valence-corrected chi connectivity index (χ0v) is 11.9. The molecule has 0 fully saturated rings. The minimum Gasteiger partial charge on any atom is -0.496 e. The van der Waals surface area contributed by atoms with E-state index in [4.69, 9.17) is 20.9 Å². The molecule has 0 amide bonds. The molecule has 2 aromatic rings. The molecule has 0 aliphatic carbocycles. The third kappa shape index (κ3) is 2.88. The van der Waals surface area contributed by atoms with Crippen molar-refractivity contribution in [2.45, 2.75) is 19.4 Å². The fraction of sp³-hybridized carbons (Fsp3) is 0.385. The van der Waals surface area contributed by atoms with Crippen molar-refractivity contribution in [2.24, 2.45) is 0 Å². The van der Waals surface area contributed by atoms with E-state index in [1.54, 1.807) is 19.2 Å². The fourth-order valence-electron chi connectivity index (χ4n) is 1.84. The molecular weight excluding hydrogens is 266 g/mol. The van der Waals surface area contributed by atoms with Gasteiger partial charge in [0.25, 0.3) is 0 Å². The van der Waals surface area contributed by atoms with Gasteiger partial charge in [0.1, 0.15) is 5.75 Å². The fourth-order valence-corrected chi connectivity index (χ4v) is 2.00. The Morgan fingerprint density at radius 2 is 2.26 bits per heavy atom. The highest BCUT2D eigenvalue weighted by atomic mass is 35.5. The Balaban J connectivity index is 2.37. The Labute approximate surface area is 116 Å². The first-order chi connectivity index (χ1) is 9.19. The van der Waals surface area contributed by atoms with Gasteiger partial charge in [-0.2, -0.15) is 4.98 Å². The number of hydrogen-bond donors (Lipinski definition) is 1. The average molecular weight is 282 g/mol. The summed E-state index contributed by atoms with van der Waals surface area (Å²) < 4.78 is 10.6. The summed E-state index contributed by atoms with van der Waals surface area (Å²) in [5.41, 5.74) is 0.757. The Morgan fingerprint density at radius 1 is 1.47 bits per heavy atom. The van der Waals surface area contributed by atoms with Crippen LogP contribution in [0.3, 0.4) is 0 Å². The zero-order valence-electron chi connectivity index (χ0n) is 11.1. The van der Waals surface area contributed by atoms with Crippen LogP contribution in [-0.4, -0.2) is 24.3 Å². The summed E-state index contributed by atoms with van der Waals surface area (Å²) in [5.74, 6) is 1.69. The van der Waals surface area contributed by atoms with Crippen LogP contribution in [0, 0.1) is 0 Å². The van der Waals surface area contributed by atoms with Crippen molar-refractivity contribution < 1.29 is 9.26 Å². The lowest BCUT2D eigenvalue weighted by molar-refractivity contribution is 0.334. The molecule has 5 nitrogen and oxygen atoms in total. The van der Waals surface area contributed by atoms with Crippen LogP contribution < -0.4 is 10.1 Å². The van der Waals surface area contributed by atoms with Gasteiger partial charge >= 0.3 is 0 Å². The summed E-state index contributed by atoms with van der Waals surface area (Å²) in [6.07, 6.45) is 0.871. The van der Waals surface area contributed by atoms with Crippen molar-refractivity contribution in [3.8, 4) is 17.1 Å². The molecule has 1 N–H and O–H groups in total. The predicted octanol–water partition coefficient (Wildman–Crippen LogP) is 3.07. The van der Waals surface area contributed by atoms with E-state index >= 15 is 0 Å². The average Bonchev–Trinajstić information content (AvgIpc) is 2.89. The molecule has 1 atom stereocenters. The number of nitrogens with one attached hydrogen (secondary N) is 1. The van der Waals surface area contributed by atoms with E-state index in [-0.39, 0.29) is 6.04 Å². The van der Waals surface area contributed by atoms with E-state index in [1.165, 1.54) is 0 Å². The highest BCUT2D eigenvalue weighted by Crippen LogP contribution is 2.31. The molecule has 19 heavy (non-hydrogen) atoms. The predicted molar refractivity (Wildman–Crippen MR) is 73.4 cm³/mol. The standard InChI is InChI=1S/C13H16ClN3O2/c1-4-10(15-2)13-16-12(17-19-13)9-6-5-8(14)7-11(9)18-3/h5-7,10,15H,4H2,1-3H3. The Kier molecular flexibility index (Phi) is 4.39. The van der Waals surface area contributed by atoms with Crippen LogP contribution in [0.1, 0.15) is 25.3 Å². The number of nitrogens with zero attached hydrogens (tertiary/aromatic N) is 2. The van der Waals surface area contributed by atoms with Crippen molar-refractivity contribution in [2.75, 3.05) is 14.2 Å². The van der Waals surface area contributed by atoms with Crippen LogP contribution in [0.15, 0.2) is 22.7 Å². The first-order valence-corrected chi connectivity index (χ1v) is 6.42. The van der Waals surface area contributed by atoms with Crippen LogP contribution >= 0.6 is 11.6 Å². The molecule has 1 aromatic heterocycles. The minimum atomic E-state index is 0.0551. The Bertz CT molecular complexity index is 553. The van der Waals surface area contributed by atoms with Crippen LogP contribution in [-0.2, 0) is 0 Å². The topological polar surface area (TPSA) is 60.2 Å². The number of hydrogen-bond acceptors (Lipinski definition) is 5. The van der Waals surface area contributed by atoms with Gasteiger partial charge in [0.05, 0.1) is 18.7 Å². The lowest BCUT2D eigenvalue weighted by Crippen LogP contribution is -2.15. The molecular formula is C13H16ClN3O2.